The average Bonchev–Trinajstić information content (AvgIpc) is 2.10. The second-order valence-electron chi connectivity index (χ2n) is 6.30. The number of ether oxygens (including phenoxy) is 1. The van der Waals surface area contributed by atoms with Gasteiger partial charge in [0.25, 0.3) is 0 Å². The van der Waals surface area contributed by atoms with Crippen LogP contribution in [0.4, 0.5) is 0 Å². The van der Waals surface area contributed by atoms with E-state index in [9.17, 15) is 4.79 Å². The highest BCUT2D eigenvalue weighted by atomic mass is 28.5. The van der Waals surface area contributed by atoms with Crippen LogP contribution in [0.5, 0.6) is 0 Å². The Hall–Kier alpha value is 0.0406. The van der Waals surface area contributed by atoms with Crippen molar-refractivity contribution in [3.8, 4) is 0 Å². The highest BCUT2D eigenvalue weighted by Crippen LogP contribution is 2.22. The molecule has 0 aliphatic heterocycles. The van der Waals surface area contributed by atoms with Crippen LogP contribution in [0, 0.1) is 0 Å². The topological polar surface area (TPSA) is 44.8 Å². The lowest BCUT2D eigenvalue weighted by Crippen LogP contribution is -2.54. The van der Waals surface area contributed by atoms with E-state index in [1.54, 1.807) is 0 Å². The number of esters is 1. The quantitative estimate of drug-likeness (QED) is 0.535. The maximum Gasteiger partial charge on any atom is 0.311 e. The Morgan fingerprint density at radius 2 is 1.50 bits per heavy atom. The maximum absolute atomic E-state index is 10.9. The molecule has 0 fully saturated rings. The third kappa shape index (κ3) is 8.20. The molecule has 0 N–H and O–H groups in total. The third-order valence-corrected chi connectivity index (χ3v) is 13.0. The standard InChI is InChI=1S/C11H28O4Si3/c1-9-18(8,10-13-11(2)12)15-17(6,7)14-16(3,4)5/h9-10H2,1-8H3. The maximum atomic E-state index is 10.9. The van der Waals surface area contributed by atoms with Gasteiger partial charge in [-0.25, -0.2) is 0 Å². The second-order valence-corrected chi connectivity index (χ2v) is 18.9. The van der Waals surface area contributed by atoms with Crippen LogP contribution in [0.3, 0.4) is 0 Å². The molecule has 0 rings (SSSR count). The molecule has 0 bridgehead atoms. The van der Waals surface area contributed by atoms with Crippen molar-refractivity contribution in [3.05, 3.63) is 0 Å². The van der Waals surface area contributed by atoms with Gasteiger partial charge in [-0.15, -0.1) is 0 Å². The second kappa shape index (κ2) is 6.47. The van der Waals surface area contributed by atoms with Crippen molar-refractivity contribution >= 4 is 31.2 Å². The van der Waals surface area contributed by atoms with Gasteiger partial charge in [-0.3, -0.25) is 4.79 Å². The van der Waals surface area contributed by atoms with E-state index in [2.05, 4.69) is 46.2 Å². The summed E-state index contributed by atoms with van der Waals surface area (Å²) in [4.78, 5) is 10.9. The SMILES string of the molecule is CC[Si](C)(COC(C)=O)O[Si](C)(C)O[Si](C)(C)C. The highest BCUT2D eigenvalue weighted by Gasteiger charge is 2.40. The molecule has 108 valence electrons. The van der Waals surface area contributed by atoms with Gasteiger partial charge in [-0.1, -0.05) is 6.92 Å². The zero-order chi connectivity index (χ0) is 14.6. The predicted molar refractivity (Wildman–Crippen MR) is 81.7 cm³/mol. The monoisotopic (exact) mass is 308 g/mol. The molecule has 0 aliphatic rings. The molecule has 0 spiro atoms. The summed E-state index contributed by atoms with van der Waals surface area (Å²) in [5.41, 5.74) is 0. The largest absolute Gasteiger partial charge is 0.467 e. The van der Waals surface area contributed by atoms with E-state index in [0.29, 0.717) is 6.23 Å². The summed E-state index contributed by atoms with van der Waals surface area (Å²) in [6.07, 6.45) is 0.421. The molecule has 4 nitrogen and oxygen atoms in total. The van der Waals surface area contributed by atoms with E-state index in [4.69, 9.17) is 13.0 Å². The molecule has 0 heterocycles. The molecule has 0 aromatic rings. The van der Waals surface area contributed by atoms with Crippen molar-refractivity contribution < 1.29 is 17.8 Å². The van der Waals surface area contributed by atoms with E-state index in [-0.39, 0.29) is 5.97 Å². The van der Waals surface area contributed by atoms with Crippen LogP contribution in [0.1, 0.15) is 13.8 Å². The lowest BCUT2D eigenvalue weighted by molar-refractivity contribution is -0.139. The number of rotatable bonds is 7. The summed E-state index contributed by atoms with van der Waals surface area (Å²) in [5.74, 6) is -0.239. The molecule has 1 atom stereocenters. The fourth-order valence-electron chi connectivity index (χ4n) is 1.81. The molecule has 0 saturated carbocycles. The summed E-state index contributed by atoms with van der Waals surface area (Å²) in [7, 11) is -5.74. The molecule has 0 aliphatic carbocycles. The Labute approximate surface area is 115 Å². The summed E-state index contributed by atoms with van der Waals surface area (Å²) in [5, 5.41) is 0. The van der Waals surface area contributed by atoms with Gasteiger partial charge in [-0.2, -0.15) is 0 Å². The first-order chi connectivity index (χ1) is 7.89. The Morgan fingerprint density at radius 3 is 1.83 bits per heavy atom. The molecule has 0 aromatic heterocycles. The molecular weight excluding hydrogens is 280 g/mol. The van der Waals surface area contributed by atoms with E-state index in [0.717, 1.165) is 6.04 Å². The smallest absolute Gasteiger partial charge is 0.311 e. The van der Waals surface area contributed by atoms with Gasteiger partial charge in [0.15, 0.2) is 8.32 Å². The summed E-state index contributed by atoms with van der Waals surface area (Å²) >= 11 is 0. The van der Waals surface area contributed by atoms with Gasteiger partial charge < -0.3 is 13.0 Å². The molecule has 0 saturated heterocycles. The van der Waals surface area contributed by atoms with Crippen LogP contribution >= 0.6 is 0 Å². The molecule has 18 heavy (non-hydrogen) atoms. The Balaban J connectivity index is 4.63. The normalized spacial score (nSPS) is 16.2. The number of hydrogen-bond donors (Lipinski definition) is 0. The molecule has 0 amide bonds. The molecule has 7 heteroatoms. The average molecular weight is 309 g/mol. The first-order valence-corrected chi connectivity index (χ1v) is 15.5. The van der Waals surface area contributed by atoms with E-state index >= 15 is 0 Å². The number of carbonyl (C=O) groups excluding carboxylic acids is 1. The zero-order valence-electron chi connectivity index (χ0n) is 13.0. The van der Waals surface area contributed by atoms with Crippen molar-refractivity contribution in [3.63, 3.8) is 0 Å². The summed E-state index contributed by atoms with van der Waals surface area (Å²) in [6, 6.07) is 0.922. The highest BCUT2D eigenvalue weighted by molar-refractivity contribution is 6.87. The summed E-state index contributed by atoms with van der Waals surface area (Å²) < 4.78 is 17.6. The lowest BCUT2D eigenvalue weighted by atomic mass is 10.8. The van der Waals surface area contributed by atoms with Crippen molar-refractivity contribution in [1.82, 2.24) is 0 Å². The Kier molecular flexibility index (Phi) is 6.48. The molecular formula is C11H28O4Si3. The summed E-state index contributed by atoms with van der Waals surface area (Å²) in [6.45, 7) is 16.3. The Bertz CT molecular complexity index is 289. The first-order valence-electron chi connectivity index (χ1n) is 6.43. The first kappa shape index (κ1) is 18.0. The minimum absolute atomic E-state index is 0.239. The van der Waals surface area contributed by atoms with Crippen LogP contribution in [0.2, 0.25) is 45.3 Å². The van der Waals surface area contributed by atoms with Crippen molar-refractivity contribution in [1.29, 1.82) is 0 Å². The van der Waals surface area contributed by atoms with Crippen LogP contribution in [-0.2, 0) is 17.8 Å². The van der Waals surface area contributed by atoms with Crippen molar-refractivity contribution in [2.24, 2.45) is 0 Å². The Morgan fingerprint density at radius 1 is 1.00 bits per heavy atom. The van der Waals surface area contributed by atoms with E-state index in [1.807, 2.05) is 0 Å². The van der Waals surface area contributed by atoms with Gasteiger partial charge >= 0.3 is 14.5 Å². The zero-order valence-corrected chi connectivity index (χ0v) is 16.0. The van der Waals surface area contributed by atoms with Crippen LogP contribution in [0.25, 0.3) is 0 Å². The van der Waals surface area contributed by atoms with Crippen LogP contribution < -0.4 is 0 Å². The number of carbonyl (C=O) groups is 1. The minimum Gasteiger partial charge on any atom is -0.467 e. The predicted octanol–water partition coefficient (Wildman–Crippen LogP) is 3.25. The van der Waals surface area contributed by atoms with Gasteiger partial charge in [0, 0.05) is 6.92 Å². The fraction of sp³-hybridized carbons (Fsp3) is 0.909. The van der Waals surface area contributed by atoms with Gasteiger partial charge in [0.2, 0.25) is 8.32 Å². The minimum atomic E-state index is -2.13. The van der Waals surface area contributed by atoms with Crippen molar-refractivity contribution in [2.45, 2.75) is 59.2 Å². The fourth-order valence-corrected chi connectivity index (χ4v) is 14.5. The van der Waals surface area contributed by atoms with Crippen LogP contribution in [-0.4, -0.2) is 37.4 Å². The molecule has 0 radical (unpaired) electrons. The van der Waals surface area contributed by atoms with Gasteiger partial charge in [0.1, 0.15) is 6.23 Å². The lowest BCUT2D eigenvalue weighted by Gasteiger charge is -2.38. The molecule has 1 unspecified atom stereocenters. The third-order valence-electron chi connectivity index (χ3n) is 2.37. The van der Waals surface area contributed by atoms with Gasteiger partial charge in [0.05, 0.1) is 0 Å². The van der Waals surface area contributed by atoms with E-state index in [1.165, 1.54) is 6.92 Å². The van der Waals surface area contributed by atoms with E-state index < -0.39 is 25.2 Å². The molecule has 0 aromatic carbocycles. The van der Waals surface area contributed by atoms with Crippen molar-refractivity contribution in [2.75, 3.05) is 6.23 Å². The number of hydrogen-bond acceptors (Lipinski definition) is 4. The van der Waals surface area contributed by atoms with Crippen LogP contribution in [0.15, 0.2) is 0 Å². The van der Waals surface area contributed by atoms with Gasteiger partial charge in [-0.05, 0) is 45.3 Å².